The number of hydrogen-bond acceptors (Lipinski definition) is 6. The Morgan fingerprint density at radius 3 is 2.55 bits per heavy atom. The smallest absolute Gasteiger partial charge is 0.269 e. The highest BCUT2D eigenvalue weighted by Gasteiger charge is 2.25. The second kappa shape index (κ2) is 8.73. The molecule has 2 aromatic carbocycles. The zero-order chi connectivity index (χ0) is 22.0. The second-order valence-corrected chi connectivity index (χ2v) is 8.69. The van der Waals surface area contributed by atoms with Gasteiger partial charge >= 0.3 is 0 Å². The van der Waals surface area contributed by atoms with E-state index in [1.807, 2.05) is 24.3 Å². The normalized spacial score (nSPS) is 14.1. The summed E-state index contributed by atoms with van der Waals surface area (Å²) in [7, 11) is 0. The number of carbonyl (C=O) groups is 2. The third-order valence-corrected chi connectivity index (χ3v) is 5.88. The number of hydrogen-bond donors (Lipinski definition) is 2. The summed E-state index contributed by atoms with van der Waals surface area (Å²) >= 11 is 1.25. The summed E-state index contributed by atoms with van der Waals surface area (Å²) in [6.45, 7) is 1.74. The van der Waals surface area contributed by atoms with Gasteiger partial charge in [-0.15, -0.1) is 0 Å². The molecular weight excluding hydrogens is 416 g/mol. The fourth-order valence-electron chi connectivity index (χ4n) is 3.04. The highest BCUT2D eigenvalue weighted by Crippen LogP contribution is 2.29. The number of nitrogens with zero attached hydrogens (tertiary/aromatic N) is 2. The van der Waals surface area contributed by atoms with Crippen molar-refractivity contribution in [3.63, 3.8) is 0 Å². The van der Waals surface area contributed by atoms with E-state index in [0.29, 0.717) is 21.8 Å². The highest BCUT2D eigenvalue weighted by atomic mass is 32.2. The maximum Gasteiger partial charge on any atom is 0.269 e. The van der Waals surface area contributed by atoms with E-state index in [4.69, 9.17) is 0 Å². The van der Waals surface area contributed by atoms with Crippen LogP contribution in [-0.4, -0.2) is 33.0 Å². The molecule has 31 heavy (non-hydrogen) atoms. The van der Waals surface area contributed by atoms with Crippen LogP contribution in [0.25, 0.3) is 10.9 Å². The van der Waals surface area contributed by atoms with Gasteiger partial charge in [0.05, 0.1) is 26.3 Å². The van der Waals surface area contributed by atoms with Crippen molar-refractivity contribution in [2.24, 2.45) is 0 Å². The standard InChI is InChI=1S/C22H20N4O4S/c1-13(21(27)23-15-8-10-16(11-9-15)26(29)30)31-20-12-18(22(28)24-14-6-7-14)17-4-2-3-5-19(17)25-20/h2-5,8-14H,6-7H2,1H3,(H,23,27)(H,24,28)/t13-/m1/s1. The molecule has 0 radical (unpaired) electrons. The van der Waals surface area contributed by atoms with Crippen LogP contribution in [0.5, 0.6) is 0 Å². The fraction of sp³-hybridized carbons (Fsp3) is 0.227. The molecule has 1 aromatic heterocycles. The minimum Gasteiger partial charge on any atom is -0.349 e. The van der Waals surface area contributed by atoms with Gasteiger partial charge in [0.2, 0.25) is 5.91 Å². The number of thioether (sulfide) groups is 1. The molecule has 0 unspecified atom stereocenters. The van der Waals surface area contributed by atoms with Gasteiger partial charge in [0.15, 0.2) is 0 Å². The summed E-state index contributed by atoms with van der Waals surface area (Å²) < 4.78 is 0. The van der Waals surface area contributed by atoms with Crippen LogP contribution < -0.4 is 10.6 Å². The van der Waals surface area contributed by atoms with E-state index >= 15 is 0 Å². The number of nitro groups is 1. The van der Waals surface area contributed by atoms with Crippen molar-refractivity contribution in [2.75, 3.05) is 5.32 Å². The van der Waals surface area contributed by atoms with Crippen molar-refractivity contribution >= 4 is 45.9 Å². The topological polar surface area (TPSA) is 114 Å². The monoisotopic (exact) mass is 436 g/mol. The third kappa shape index (κ3) is 5.00. The maximum atomic E-state index is 12.7. The van der Waals surface area contributed by atoms with E-state index in [1.165, 1.54) is 36.0 Å². The average Bonchev–Trinajstić information content (AvgIpc) is 3.57. The summed E-state index contributed by atoms with van der Waals surface area (Å²) in [5.74, 6) is -0.399. The first kappa shape index (κ1) is 20.8. The average molecular weight is 436 g/mol. The van der Waals surface area contributed by atoms with Crippen molar-refractivity contribution < 1.29 is 14.5 Å². The molecule has 4 rings (SSSR count). The van der Waals surface area contributed by atoms with Crippen LogP contribution in [-0.2, 0) is 4.79 Å². The molecule has 0 bridgehead atoms. The van der Waals surface area contributed by atoms with Crippen molar-refractivity contribution in [3.05, 3.63) is 70.3 Å². The number of nitrogens with one attached hydrogen (secondary N) is 2. The SMILES string of the molecule is C[C@@H](Sc1cc(C(=O)NC2CC2)c2ccccc2n1)C(=O)Nc1ccc([N+](=O)[O-])cc1. The minimum absolute atomic E-state index is 0.0437. The Bertz CT molecular complexity index is 1160. The van der Waals surface area contributed by atoms with Gasteiger partial charge < -0.3 is 10.6 Å². The molecule has 1 saturated carbocycles. The van der Waals surface area contributed by atoms with Crippen LogP contribution >= 0.6 is 11.8 Å². The van der Waals surface area contributed by atoms with Crippen LogP contribution in [0.4, 0.5) is 11.4 Å². The molecule has 1 fully saturated rings. The molecule has 2 N–H and O–H groups in total. The molecule has 8 nitrogen and oxygen atoms in total. The Morgan fingerprint density at radius 2 is 1.87 bits per heavy atom. The molecule has 2 amide bonds. The molecule has 3 aromatic rings. The summed E-state index contributed by atoms with van der Waals surface area (Å²) in [5, 5.41) is 17.4. The van der Waals surface area contributed by atoms with E-state index < -0.39 is 10.2 Å². The quantitative estimate of drug-likeness (QED) is 0.327. The van der Waals surface area contributed by atoms with Gasteiger partial charge in [-0.1, -0.05) is 30.0 Å². The number of fused-ring (bicyclic) bond motifs is 1. The molecule has 0 aliphatic heterocycles. The van der Waals surface area contributed by atoms with Crippen LogP contribution in [0.15, 0.2) is 59.6 Å². The summed E-state index contributed by atoms with van der Waals surface area (Å²) in [6, 6.07) is 15.0. The van der Waals surface area contributed by atoms with Crippen LogP contribution in [0.2, 0.25) is 0 Å². The van der Waals surface area contributed by atoms with Crippen LogP contribution in [0, 0.1) is 10.1 Å². The van der Waals surface area contributed by atoms with Gasteiger partial charge in [-0.25, -0.2) is 4.98 Å². The molecular formula is C22H20N4O4S. The molecule has 0 saturated heterocycles. The summed E-state index contributed by atoms with van der Waals surface area (Å²) in [5.41, 5.74) is 1.66. The second-order valence-electron chi connectivity index (χ2n) is 7.33. The Kier molecular flexibility index (Phi) is 5.85. The molecule has 1 aliphatic rings. The van der Waals surface area contributed by atoms with Gasteiger partial charge in [0, 0.05) is 29.2 Å². The summed E-state index contributed by atoms with van der Waals surface area (Å²) in [4.78, 5) is 40.2. The number of pyridine rings is 1. The Labute approximate surface area is 182 Å². The third-order valence-electron chi connectivity index (χ3n) is 4.86. The van der Waals surface area contributed by atoms with E-state index in [0.717, 1.165) is 18.2 Å². The largest absolute Gasteiger partial charge is 0.349 e. The number of aromatic nitrogens is 1. The number of non-ortho nitro benzene ring substituents is 1. The van der Waals surface area contributed by atoms with Gasteiger partial charge in [-0.05, 0) is 44.0 Å². The number of amides is 2. The fourth-order valence-corrected chi connectivity index (χ4v) is 3.90. The van der Waals surface area contributed by atoms with E-state index in [1.54, 1.807) is 13.0 Å². The number of anilines is 1. The van der Waals surface area contributed by atoms with E-state index in [2.05, 4.69) is 15.6 Å². The van der Waals surface area contributed by atoms with E-state index in [9.17, 15) is 19.7 Å². The number of nitro benzene ring substituents is 1. The summed E-state index contributed by atoms with van der Waals surface area (Å²) in [6.07, 6.45) is 1.99. The molecule has 9 heteroatoms. The van der Waals surface area contributed by atoms with Gasteiger partial charge in [-0.2, -0.15) is 0 Å². The highest BCUT2D eigenvalue weighted by molar-refractivity contribution is 8.00. The zero-order valence-electron chi connectivity index (χ0n) is 16.7. The van der Waals surface area contributed by atoms with Crippen molar-refractivity contribution in [1.82, 2.24) is 10.3 Å². The number of carbonyl (C=O) groups excluding carboxylic acids is 2. The Morgan fingerprint density at radius 1 is 1.16 bits per heavy atom. The molecule has 1 aliphatic carbocycles. The number of rotatable bonds is 7. The zero-order valence-corrected chi connectivity index (χ0v) is 17.5. The Hall–Kier alpha value is -3.46. The van der Waals surface area contributed by atoms with Crippen molar-refractivity contribution in [1.29, 1.82) is 0 Å². The van der Waals surface area contributed by atoms with Gasteiger partial charge in [0.25, 0.3) is 11.6 Å². The first-order valence-electron chi connectivity index (χ1n) is 9.83. The Balaban J connectivity index is 1.50. The van der Waals surface area contributed by atoms with Gasteiger partial charge in [-0.3, -0.25) is 19.7 Å². The first-order chi connectivity index (χ1) is 14.9. The first-order valence-corrected chi connectivity index (χ1v) is 10.7. The lowest BCUT2D eigenvalue weighted by Crippen LogP contribution is -2.26. The molecule has 1 heterocycles. The predicted molar refractivity (Wildman–Crippen MR) is 119 cm³/mol. The molecule has 0 spiro atoms. The van der Waals surface area contributed by atoms with Crippen molar-refractivity contribution in [3.8, 4) is 0 Å². The van der Waals surface area contributed by atoms with Crippen LogP contribution in [0.1, 0.15) is 30.1 Å². The predicted octanol–water partition coefficient (Wildman–Crippen LogP) is 4.15. The molecule has 158 valence electrons. The molecule has 1 atom stereocenters. The van der Waals surface area contributed by atoms with Gasteiger partial charge in [0.1, 0.15) is 0 Å². The van der Waals surface area contributed by atoms with E-state index in [-0.39, 0.29) is 23.5 Å². The lowest BCUT2D eigenvalue weighted by molar-refractivity contribution is -0.384. The lowest BCUT2D eigenvalue weighted by Gasteiger charge is -2.14. The minimum atomic E-state index is -0.497. The van der Waals surface area contributed by atoms with Crippen LogP contribution in [0.3, 0.4) is 0 Å². The maximum absolute atomic E-state index is 12.7. The van der Waals surface area contributed by atoms with Crippen molar-refractivity contribution in [2.45, 2.75) is 36.1 Å². The lowest BCUT2D eigenvalue weighted by atomic mass is 10.1. The number of para-hydroxylation sites is 1. The number of benzene rings is 2.